The van der Waals surface area contributed by atoms with Crippen molar-refractivity contribution in [3.05, 3.63) is 44.2 Å². The first-order valence-electron chi connectivity index (χ1n) is 6.77. The Bertz CT molecular complexity index is 826. The molecule has 3 rings (SSSR count). The van der Waals surface area contributed by atoms with Crippen LogP contribution in [-0.4, -0.2) is 33.2 Å². The van der Waals surface area contributed by atoms with Crippen molar-refractivity contribution in [2.24, 2.45) is 4.99 Å². The van der Waals surface area contributed by atoms with Crippen molar-refractivity contribution in [1.82, 2.24) is 15.1 Å². The summed E-state index contributed by atoms with van der Waals surface area (Å²) in [4.78, 5) is 19.2. The van der Waals surface area contributed by atoms with Gasteiger partial charge in [0.2, 0.25) is 5.13 Å². The van der Waals surface area contributed by atoms with E-state index in [0.717, 1.165) is 20.6 Å². The number of hydrogen-bond donors (Lipinski definition) is 0. The van der Waals surface area contributed by atoms with Crippen molar-refractivity contribution in [3.8, 4) is 0 Å². The van der Waals surface area contributed by atoms with Crippen LogP contribution in [0.15, 0.2) is 38.6 Å². The van der Waals surface area contributed by atoms with Crippen molar-refractivity contribution in [3.63, 3.8) is 0 Å². The summed E-state index contributed by atoms with van der Waals surface area (Å²) >= 11 is 6.20. The lowest BCUT2D eigenvalue weighted by molar-refractivity contribution is -0.121. The number of likely N-dealkylation sites (N-methyl/N-ethyl adjacent to an activating group) is 1. The Balaban J connectivity index is 1.95. The van der Waals surface area contributed by atoms with E-state index in [1.807, 2.05) is 38.1 Å². The second kappa shape index (κ2) is 6.54. The molecule has 0 radical (unpaired) electrons. The molecular formula is C15H13BrN4OS2. The molecule has 8 heteroatoms. The Kier molecular flexibility index (Phi) is 4.65. The largest absolute Gasteiger partial charge is 0.289 e. The standard InChI is InChI=1S/C15H13BrN4OS2/c1-8(10-4-6-11(16)7-5-10)12-13(21)20(3)15(23-12)17-14-19-18-9(2)22-14/h4-7H,1-3H3/b12-8-,17-15+. The van der Waals surface area contributed by atoms with E-state index in [-0.39, 0.29) is 5.91 Å². The predicted molar refractivity (Wildman–Crippen MR) is 98.8 cm³/mol. The summed E-state index contributed by atoms with van der Waals surface area (Å²) < 4.78 is 1.01. The number of carbonyl (C=O) groups is 1. The molecule has 0 saturated carbocycles. The average Bonchev–Trinajstić information content (AvgIpc) is 3.06. The van der Waals surface area contributed by atoms with Gasteiger partial charge in [-0.05, 0) is 48.9 Å². The third-order valence-electron chi connectivity index (χ3n) is 3.30. The fourth-order valence-electron chi connectivity index (χ4n) is 2.02. The Hall–Kier alpha value is -1.51. The van der Waals surface area contributed by atoms with Crippen molar-refractivity contribution in [2.75, 3.05) is 7.05 Å². The van der Waals surface area contributed by atoms with Crippen LogP contribution in [0.2, 0.25) is 0 Å². The van der Waals surface area contributed by atoms with Crippen LogP contribution in [-0.2, 0) is 4.79 Å². The van der Waals surface area contributed by atoms with Crippen LogP contribution in [0, 0.1) is 6.92 Å². The number of benzene rings is 1. The van der Waals surface area contributed by atoms with Crippen molar-refractivity contribution in [1.29, 1.82) is 0 Å². The third kappa shape index (κ3) is 3.39. The van der Waals surface area contributed by atoms with E-state index in [4.69, 9.17) is 0 Å². The van der Waals surface area contributed by atoms with Gasteiger partial charge in [-0.15, -0.1) is 10.2 Å². The predicted octanol–water partition coefficient (Wildman–Crippen LogP) is 4.23. The zero-order chi connectivity index (χ0) is 16.6. The van der Waals surface area contributed by atoms with E-state index in [9.17, 15) is 4.79 Å². The summed E-state index contributed by atoms with van der Waals surface area (Å²) in [6, 6.07) is 7.91. The molecule has 1 amide bonds. The highest BCUT2D eigenvalue weighted by Gasteiger charge is 2.32. The van der Waals surface area contributed by atoms with Gasteiger partial charge < -0.3 is 0 Å². The molecule has 1 saturated heterocycles. The summed E-state index contributed by atoms with van der Waals surface area (Å²) in [5.41, 5.74) is 1.96. The van der Waals surface area contributed by atoms with Gasteiger partial charge in [0.1, 0.15) is 5.01 Å². The quantitative estimate of drug-likeness (QED) is 0.697. The lowest BCUT2D eigenvalue weighted by Crippen LogP contribution is -2.23. The molecule has 23 heavy (non-hydrogen) atoms. The maximum absolute atomic E-state index is 12.5. The molecule has 1 aromatic heterocycles. The zero-order valence-electron chi connectivity index (χ0n) is 12.7. The topological polar surface area (TPSA) is 58.5 Å². The van der Waals surface area contributed by atoms with Crippen LogP contribution in [0.5, 0.6) is 0 Å². The minimum absolute atomic E-state index is 0.0459. The van der Waals surface area contributed by atoms with Gasteiger partial charge in [0, 0.05) is 11.5 Å². The number of aromatic nitrogens is 2. The van der Waals surface area contributed by atoms with Crippen LogP contribution in [0.3, 0.4) is 0 Å². The minimum Gasteiger partial charge on any atom is -0.289 e. The van der Waals surface area contributed by atoms with E-state index in [0.29, 0.717) is 15.2 Å². The Morgan fingerprint density at radius 1 is 1.26 bits per heavy atom. The van der Waals surface area contributed by atoms with Crippen molar-refractivity contribution in [2.45, 2.75) is 13.8 Å². The van der Waals surface area contributed by atoms with Crippen molar-refractivity contribution < 1.29 is 4.79 Å². The molecule has 0 unspecified atom stereocenters. The van der Waals surface area contributed by atoms with Crippen molar-refractivity contribution >= 4 is 60.8 Å². The second-order valence-corrected chi connectivity index (χ2v) is 7.98. The highest BCUT2D eigenvalue weighted by Crippen LogP contribution is 2.37. The summed E-state index contributed by atoms with van der Waals surface area (Å²) in [6.45, 7) is 3.83. The van der Waals surface area contributed by atoms with Gasteiger partial charge in [-0.25, -0.2) is 0 Å². The van der Waals surface area contributed by atoms with Gasteiger partial charge in [0.25, 0.3) is 5.91 Å². The molecule has 2 aromatic rings. The Morgan fingerprint density at radius 3 is 2.57 bits per heavy atom. The number of aryl methyl sites for hydroxylation is 1. The first kappa shape index (κ1) is 16.4. The van der Waals surface area contributed by atoms with Gasteiger partial charge in [0.15, 0.2) is 5.17 Å². The molecule has 1 aliphatic heterocycles. The number of thioether (sulfide) groups is 1. The molecule has 0 aliphatic carbocycles. The smallest absolute Gasteiger partial charge is 0.266 e. The van der Waals surface area contributed by atoms with E-state index in [2.05, 4.69) is 31.1 Å². The molecule has 1 fully saturated rings. The Morgan fingerprint density at radius 2 is 1.96 bits per heavy atom. The second-order valence-electron chi connectivity index (χ2n) is 4.93. The first-order valence-corrected chi connectivity index (χ1v) is 9.20. The maximum atomic E-state index is 12.5. The molecular weight excluding hydrogens is 396 g/mol. The van der Waals surface area contributed by atoms with Crippen LogP contribution >= 0.6 is 39.0 Å². The lowest BCUT2D eigenvalue weighted by atomic mass is 10.1. The van der Waals surface area contributed by atoms with E-state index in [1.165, 1.54) is 23.1 Å². The highest BCUT2D eigenvalue weighted by atomic mass is 79.9. The van der Waals surface area contributed by atoms with Crippen LogP contribution < -0.4 is 0 Å². The van der Waals surface area contributed by atoms with Crippen LogP contribution in [0.1, 0.15) is 17.5 Å². The number of aliphatic imine (C=N–C) groups is 1. The van der Waals surface area contributed by atoms with E-state index < -0.39 is 0 Å². The minimum atomic E-state index is -0.0459. The van der Waals surface area contributed by atoms with E-state index >= 15 is 0 Å². The SMILES string of the molecule is C/C(=C1/S/C(=N/c2nnc(C)s2)N(C)C1=O)c1ccc(Br)cc1. The normalized spacial score (nSPS) is 18.9. The number of halogens is 1. The van der Waals surface area contributed by atoms with Gasteiger partial charge in [-0.1, -0.05) is 39.4 Å². The van der Waals surface area contributed by atoms with Gasteiger partial charge >= 0.3 is 0 Å². The van der Waals surface area contributed by atoms with Gasteiger partial charge in [0.05, 0.1) is 4.91 Å². The number of amides is 1. The summed E-state index contributed by atoms with van der Waals surface area (Å²) in [6.07, 6.45) is 0. The van der Waals surface area contributed by atoms with Crippen LogP contribution in [0.25, 0.3) is 5.57 Å². The molecule has 0 bridgehead atoms. The fraction of sp³-hybridized carbons (Fsp3) is 0.200. The van der Waals surface area contributed by atoms with Crippen LogP contribution in [0.4, 0.5) is 5.13 Å². The molecule has 0 atom stereocenters. The molecule has 2 heterocycles. The number of rotatable bonds is 2. The number of allylic oxidation sites excluding steroid dienone is 1. The van der Waals surface area contributed by atoms with Gasteiger partial charge in [-0.3, -0.25) is 9.69 Å². The average molecular weight is 409 g/mol. The fourth-order valence-corrected chi connectivity index (χ4v) is 3.93. The number of nitrogens with zero attached hydrogens (tertiary/aromatic N) is 4. The lowest BCUT2D eigenvalue weighted by Gasteiger charge is -2.06. The highest BCUT2D eigenvalue weighted by molar-refractivity contribution is 9.10. The monoisotopic (exact) mass is 408 g/mol. The molecule has 1 aromatic carbocycles. The zero-order valence-corrected chi connectivity index (χ0v) is 15.9. The first-order chi connectivity index (χ1) is 11.0. The molecule has 0 spiro atoms. The number of hydrogen-bond acceptors (Lipinski definition) is 6. The number of amidine groups is 1. The maximum Gasteiger partial charge on any atom is 0.266 e. The third-order valence-corrected chi connectivity index (χ3v) is 5.80. The molecule has 1 aliphatic rings. The molecule has 5 nitrogen and oxygen atoms in total. The Labute approximate surface area is 150 Å². The molecule has 118 valence electrons. The van der Waals surface area contributed by atoms with E-state index in [1.54, 1.807) is 11.9 Å². The number of carbonyl (C=O) groups excluding carboxylic acids is 1. The summed E-state index contributed by atoms with van der Waals surface area (Å²) in [5, 5.41) is 9.97. The summed E-state index contributed by atoms with van der Waals surface area (Å²) in [5.74, 6) is -0.0459. The molecule has 0 N–H and O–H groups in total. The van der Waals surface area contributed by atoms with Gasteiger partial charge in [-0.2, -0.15) is 4.99 Å². The summed E-state index contributed by atoms with van der Waals surface area (Å²) in [7, 11) is 1.73.